The van der Waals surface area contributed by atoms with E-state index in [9.17, 15) is 9.59 Å². The Bertz CT molecular complexity index is 480. The summed E-state index contributed by atoms with van der Waals surface area (Å²) in [7, 11) is 2.62. The molecule has 1 aromatic rings. The monoisotopic (exact) mass is 249 g/mol. The minimum absolute atomic E-state index is 0.140. The molecular weight excluding hydrogens is 234 g/mol. The van der Waals surface area contributed by atoms with Crippen molar-refractivity contribution < 1.29 is 19.1 Å². The molecule has 0 aliphatic carbocycles. The van der Waals surface area contributed by atoms with E-state index < -0.39 is 5.97 Å². The van der Waals surface area contributed by atoms with Crippen LogP contribution in [-0.2, 0) is 14.3 Å². The van der Waals surface area contributed by atoms with Crippen LogP contribution in [0, 0.1) is 0 Å². The molecule has 1 aromatic carbocycles. The highest BCUT2D eigenvalue weighted by atomic mass is 16.5. The minimum atomic E-state index is -0.472. The van der Waals surface area contributed by atoms with Gasteiger partial charge in [-0.2, -0.15) is 0 Å². The Kier molecular flexibility index (Phi) is 4.92. The van der Waals surface area contributed by atoms with E-state index in [1.807, 2.05) is 0 Å². The maximum Gasteiger partial charge on any atom is 0.338 e. The van der Waals surface area contributed by atoms with E-state index >= 15 is 0 Å². The van der Waals surface area contributed by atoms with E-state index in [2.05, 4.69) is 9.47 Å². The van der Waals surface area contributed by atoms with Gasteiger partial charge < -0.3 is 15.2 Å². The Morgan fingerprint density at radius 1 is 1.28 bits per heavy atom. The molecule has 96 valence electrons. The molecule has 0 spiro atoms. The Morgan fingerprint density at radius 2 is 2.00 bits per heavy atom. The lowest BCUT2D eigenvalue weighted by atomic mass is 10.1. The summed E-state index contributed by atoms with van der Waals surface area (Å²) in [6.07, 6.45) is 3.41. The molecule has 0 amide bonds. The molecular formula is C13H15NO4. The second-order valence-corrected chi connectivity index (χ2v) is 3.52. The number of rotatable bonds is 4. The smallest absolute Gasteiger partial charge is 0.338 e. The van der Waals surface area contributed by atoms with E-state index in [1.54, 1.807) is 24.3 Å². The fourth-order valence-electron chi connectivity index (χ4n) is 1.37. The maximum atomic E-state index is 11.5. The molecule has 0 saturated carbocycles. The summed E-state index contributed by atoms with van der Waals surface area (Å²) in [4.78, 5) is 22.5. The largest absolute Gasteiger partial charge is 0.469 e. The van der Waals surface area contributed by atoms with Gasteiger partial charge in [0, 0.05) is 5.69 Å². The van der Waals surface area contributed by atoms with Crippen molar-refractivity contribution >= 4 is 23.7 Å². The van der Waals surface area contributed by atoms with Crippen molar-refractivity contribution in [2.24, 2.45) is 0 Å². The Balaban J connectivity index is 2.94. The maximum absolute atomic E-state index is 11.5. The molecule has 0 bridgehead atoms. The minimum Gasteiger partial charge on any atom is -0.469 e. The first-order valence-electron chi connectivity index (χ1n) is 5.29. The highest BCUT2D eigenvalue weighted by Crippen LogP contribution is 2.16. The molecule has 0 aliphatic heterocycles. The standard InChI is InChI=1S/C13H15NO4/c1-17-12(15)5-3-4-9-6-7-10(14)8-11(9)13(16)18-2/h3-4,6-8H,5,14H2,1-2H3. The molecule has 2 N–H and O–H groups in total. The zero-order valence-corrected chi connectivity index (χ0v) is 10.3. The summed E-state index contributed by atoms with van der Waals surface area (Å²) in [6.45, 7) is 0. The zero-order valence-electron chi connectivity index (χ0n) is 10.3. The fraction of sp³-hybridized carbons (Fsp3) is 0.231. The van der Waals surface area contributed by atoms with Crippen molar-refractivity contribution in [2.75, 3.05) is 20.0 Å². The number of nitrogen functional groups attached to an aromatic ring is 1. The molecule has 0 atom stereocenters. The van der Waals surface area contributed by atoms with Crippen molar-refractivity contribution in [3.05, 3.63) is 35.4 Å². The van der Waals surface area contributed by atoms with Gasteiger partial charge in [0.25, 0.3) is 0 Å². The van der Waals surface area contributed by atoms with Crippen molar-refractivity contribution in [1.29, 1.82) is 0 Å². The molecule has 0 fully saturated rings. The predicted octanol–water partition coefficient (Wildman–Crippen LogP) is 1.63. The van der Waals surface area contributed by atoms with Gasteiger partial charge >= 0.3 is 11.9 Å². The van der Waals surface area contributed by atoms with Gasteiger partial charge in [-0.3, -0.25) is 4.79 Å². The number of benzene rings is 1. The first-order valence-corrected chi connectivity index (χ1v) is 5.29. The number of carbonyl (C=O) groups excluding carboxylic acids is 2. The van der Waals surface area contributed by atoms with Crippen molar-refractivity contribution in [3.8, 4) is 0 Å². The van der Waals surface area contributed by atoms with Crippen molar-refractivity contribution in [3.63, 3.8) is 0 Å². The van der Waals surface area contributed by atoms with Gasteiger partial charge in [-0.1, -0.05) is 18.2 Å². The van der Waals surface area contributed by atoms with Gasteiger partial charge in [0.2, 0.25) is 0 Å². The number of methoxy groups -OCH3 is 2. The Hall–Kier alpha value is -2.30. The third-order valence-corrected chi connectivity index (χ3v) is 2.29. The summed E-state index contributed by atoms with van der Waals surface area (Å²) in [5, 5.41) is 0. The summed E-state index contributed by atoms with van der Waals surface area (Å²) in [5.74, 6) is -0.818. The first-order chi connectivity index (χ1) is 8.58. The van der Waals surface area contributed by atoms with Crippen LogP contribution in [0.3, 0.4) is 0 Å². The van der Waals surface area contributed by atoms with Crippen LogP contribution in [0.4, 0.5) is 5.69 Å². The summed E-state index contributed by atoms with van der Waals surface area (Å²) in [6, 6.07) is 4.89. The molecule has 1 rings (SSSR count). The number of nitrogens with two attached hydrogens (primary N) is 1. The number of carbonyl (C=O) groups is 2. The number of hydrogen-bond acceptors (Lipinski definition) is 5. The molecule has 5 nitrogen and oxygen atoms in total. The van der Waals surface area contributed by atoms with Gasteiger partial charge in [-0.15, -0.1) is 0 Å². The topological polar surface area (TPSA) is 78.6 Å². The summed E-state index contributed by atoms with van der Waals surface area (Å²) >= 11 is 0. The lowest BCUT2D eigenvalue weighted by molar-refractivity contribution is -0.139. The molecule has 18 heavy (non-hydrogen) atoms. The Morgan fingerprint density at radius 3 is 2.61 bits per heavy atom. The van der Waals surface area contributed by atoms with Gasteiger partial charge in [0.05, 0.1) is 26.2 Å². The SMILES string of the molecule is COC(=O)CC=Cc1ccc(N)cc1C(=O)OC. The van der Waals surface area contributed by atoms with Gasteiger partial charge in [0.1, 0.15) is 0 Å². The van der Waals surface area contributed by atoms with E-state index in [4.69, 9.17) is 5.73 Å². The van der Waals surface area contributed by atoms with Gasteiger partial charge in [-0.25, -0.2) is 4.79 Å². The lowest BCUT2D eigenvalue weighted by Gasteiger charge is -2.05. The molecule has 0 aliphatic rings. The van der Waals surface area contributed by atoms with Crippen LogP contribution in [0.5, 0.6) is 0 Å². The molecule has 0 radical (unpaired) electrons. The van der Waals surface area contributed by atoms with E-state index in [0.717, 1.165) is 0 Å². The van der Waals surface area contributed by atoms with E-state index in [1.165, 1.54) is 20.3 Å². The quantitative estimate of drug-likeness (QED) is 0.648. The van der Waals surface area contributed by atoms with E-state index in [-0.39, 0.29) is 12.4 Å². The lowest BCUT2D eigenvalue weighted by Crippen LogP contribution is -2.04. The average molecular weight is 249 g/mol. The number of hydrogen-bond donors (Lipinski definition) is 1. The third-order valence-electron chi connectivity index (χ3n) is 2.29. The van der Waals surface area contributed by atoms with Crippen LogP contribution < -0.4 is 5.73 Å². The molecule has 0 heterocycles. The van der Waals surface area contributed by atoms with Gasteiger partial charge in [-0.05, 0) is 17.7 Å². The molecule has 5 heteroatoms. The third kappa shape index (κ3) is 3.62. The predicted molar refractivity (Wildman–Crippen MR) is 67.9 cm³/mol. The van der Waals surface area contributed by atoms with Crippen LogP contribution >= 0.6 is 0 Å². The number of ether oxygens (including phenoxy) is 2. The molecule has 0 saturated heterocycles. The number of esters is 2. The summed E-state index contributed by atoms with van der Waals surface area (Å²) in [5.41, 5.74) is 7.08. The van der Waals surface area contributed by atoms with Crippen LogP contribution in [-0.4, -0.2) is 26.2 Å². The Labute approximate surface area is 105 Å². The molecule has 0 aromatic heterocycles. The average Bonchev–Trinajstić information content (AvgIpc) is 2.39. The van der Waals surface area contributed by atoms with Crippen molar-refractivity contribution in [1.82, 2.24) is 0 Å². The second kappa shape index (κ2) is 6.44. The highest BCUT2D eigenvalue weighted by molar-refractivity contribution is 5.94. The first kappa shape index (κ1) is 13.8. The zero-order chi connectivity index (χ0) is 13.5. The van der Waals surface area contributed by atoms with Crippen LogP contribution in [0.2, 0.25) is 0 Å². The second-order valence-electron chi connectivity index (χ2n) is 3.52. The highest BCUT2D eigenvalue weighted by Gasteiger charge is 2.10. The van der Waals surface area contributed by atoms with Crippen LogP contribution in [0.15, 0.2) is 24.3 Å². The number of anilines is 1. The van der Waals surface area contributed by atoms with Gasteiger partial charge in [0.15, 0.2) is 0 Å². The normalized spacial score (nSPS) is 10.3. The van der Waals surface area contributed by atoms with Crippen LogP contribution in [0.1, 0.15) is 22.3 Å². The van der Waals surface area contributed by atoms with Crippen molar-refractivity contribution in [2.45, 2.75) is 6.42 Å². The van der Waals surface area contributed by atoms with Crippen LogP contribution in [0.25, 0.3) is 6.08 Å². The van der Waals surface area contributed by atoms with E-state index in [0.29, 0.717) is 16.8 Å². The fourth-order valence-corrected chi connectivity index (χ4v) is 1.37. The summed E-state index contributed by atoms with van der Waals surface area (Å²) < 4.78 is 9.16. The molecule has 0 unspecified atom stereocenters.